The normalized spacial score (nSPS) is 18.9. The summed E-state index contributed by atoms with van der Waals surface area (Å²) >= 11 is 0. The van der Waals surface area contributed by atoms with Gasteiger partial charge in [0, 0.05) is 24.7 Å². The minimum absolute atomic E-state index is 0.0346. The number of likely N-dealkylation sites (tertiary alicyclic amines) is 1. The van der Waals surface area contributed by atoms with Crippen molar-refractivity contribution in [2.45, 2.75) is 45.1 Å². The molecule has 2 heterocycles. The van der Waals surface area contributed by atoms with E-state index in [1.54, 1.807) is 12.3 Å². The molecule has 1 saturated heterocycles. The monoisotopic (exact) mass is 309 g/mol. The van der Waals surface area contributed by atoms with E-state index in [4.69, 9.17) is 0 Å². The van der Waals surface area contributed by atoms with Crippen LogP contribution in [0.15, 0.2) is 42.6 Å². The third-order valence-corrected chi connectivity index (χ3v) is 4.69. The number of aryl methyl sites for hydroxylation is 1. The molecule has 23 heavy (non-hydrogen) atoms. The maximum Gasteiger partial charge on any atom is 0.272 e. The van der Waals surface area contributed by atoms with E-state index >= 15 is 0 Å². The molecule has 1 fully saturated rings. The fourth-order valence-corrected chi connectivity index (χ4v) is 3.62. The number of amides is 1. The van der Waals surface area contributed by atoms with Gasteiger partial charge in [-0.1, -0.05) is 37.3 Å². The summed E-state index contributed by atoms with van der Waals surface area (Å²) in [5.74, 6) is 1.06. The summed E-state index contributed by atoms with van der Waals surface area (Å²) in [5, 5.41) is 0. The SMILES string of the molecule is CC[C@@H](c1ccccc1)[C@H]1CCCN1C(=O)c1ccnc(C)n1. The zero-order valence-electron chi connectivity index (χ0n) is 13.8. The van der Waals surface area contributed by atoms with E-state index in [1.165, 1.54) is 5.56 Å². The minimum atomic E-state index is 0.0346. The zero-order valence-corrected chi connectivity index (χ0v) is 13.8. The molecule has 0 spiro atoms. The topological polar surface area (TPSA) is 46.1 Å². The van der Waals surface area contributed by atoms with Crippen LogP contribution in [0.5, 0.6) is 0 Å². The summed E-state index contributed by atoms with van der Waals surface area (Å²) < 4.78 is 0. The van der Waals surface area contributed by atoms with Crippen LogP contribution in [-0.4, -0.2) is 33.4 Å². The summed E-state index contributed by atoms with van der Waals surface area (Å²) in [6.07, 6.45) is 4.81. The molecule has 1 amide bonds. The minimum Gasteiger partial charge on any atom is -0.334 e. The van der Waals surface area contributed by atoms with Gasteiger partial charge in [0.15, 0.2) is 0 Å². The summed E-state index contributed by atoms with van der Waals surface area (Å²) in [5.41, 5.74) is 1.82. The molecule has 2 aromatic rings. The average molecular weight is 309 g/mol. The second kappa shape index (κ2) is 6.90. The van der Waals surface area contributed by atoms with Crippen molar-refractivity contribution < 1.29 is 4.79 Å². The molecule has 0 bridgehead atoms. The average Bonchev–Trinajstić information content (AvgIpc) is 3.05. The molecule has 4 heteroatoms. The highest BCUT2D eigenvalue weighted by Gasteiger charge is 2.35. The van der Waals surface area contributed by atoms with Crippen LogP contribution in [0.25, 0.3) is 0 Å². The molecular formula is C19H23N3O. The van der Waals surface area contributed by atoms with Gasteiger partial charge in [-0.05, 0) is 37.8 Å². The lowest BCUT2D eigenvalue weighted by molar-refractivity contribution is 0.0708. The van der Waals surface area contributed by atoms with Gasteiger partial charge in [-0.25, -0.2) is 9.97 Å². The van der Waals surface area contributed by atoms with E-state index < -0.39 is 0 Å². The van der Waals surface area contributed by atoms with Crippen molar-refractivity contribution in [3.8, 4) is 0 Å². The van der Waals surface area contributed by atoms with E-state index in [0.717, 1.165) is 25.8 Å². The number of carbonyl (C=O) groups is 1. The molecule has 0 aliphatic carbocycles. The Balaban J connectivity index is 1.86. The Bertz CT molecular complexity index is 671. The Kier molecular flexibility index (Phi) is 4.70. The molecule has 1 aliphatic heterocycles. The Hall–Kier alpha value is -2.23. The number of hydrogen-bond donors (Lipinski definition) is 0. The molecule has 120 valence electrons. The predicted molar refractivity (Wildman–Crippen MR) is 90.3 cm³/mol. The molecule has 1 aliphatic rings. The van der Waals surface area contributed by atoms with E-state index in [2.05, 4.69) is 41.2 Å². The number of rotatable bonds is 4. The Morgan fingerprint density at radius 3 is 2.78 bits per heavy atom. The molecule has 0 unspecified atom stereocenters. The third kappa shape index (κ3) is 3.26. The summed E-state index contributed by atoms with van der Waals surface area (Å²) in [4.78, 5) is 23.3. The van der Waals surface area contributed by atoms with Crippen LogP contribution in [0.3, 0.4) is 0 Å². The Morgan fingerprint density at radius 2 is 2.09 bits per heavy atom. The molecule has 0 N–H and O–H groups in total. The van der Waals surface area contributed by atoms with E-state index in [1.807, 2.05) is 17.9 Å². The first-order valence-electron chi connectivity index (χ1n) is 8.36. The second-order valence-electron chi connectivity index (χ2n) is 6.12. The van der Waals surface area contributed by atoms with E-state index in [9.17, 15) is 4.79 Å². The maximum atomic E-state index is 12.9. The molecule has 0 radical (unpaired) electrons. The maximum absolute atomic E-state index is 12.9. The summed E-state index contributed by atoms with van der Waals surface area (Å²) in [6, 6.07) is 12.5. The van der Waals surface area contributed by atoms with Gasteiger partial charge < -0.3 is 4.90 Å². The number of nitrogens with zero attached hydrogens (tertiary/aromatic N) is 3. The van der Waals surface area contributed by atoms with Crippen LogP contribution in [0.1, 0.15) is 54.0 Å². The Labute approximate surface area is 137 Å². The van der Waals surface area contributed by atoms with Crippen molar-refractivity contribution in [3.63, 3.8) is 0 Å². The van der Waals surface area contributed by atoms with Gasteiger partial charge in [0.25, 0.3) is 5.91 Å². The third-order valence-electron chi connectivity index (χ3n) is 4.69. The number of hydrogen-bond acceptors (Lipinski definition) is 3. The lowest BCUT2D eigenvalue weighted by atomic mass is 9.87. The van der Waals surface area contributed by atoms with Crippen LogP contribution in [-0.2, 0) is 0 Å². The smallest absolute Gasteiger partial charge is 0.272 e. The molecule has 4 nitrogen and oxygen atoms in total. The van der Waals surface area contributed by atoms with Gasteiger partial charge >= 0.3 is 0 Å². The molecule has 0 saturated carbocycles. The van der Waals surface area contributed by atoms with Gasteiger partial charge in [0.05, 0.1) is 0 Å². The van der Waals surface area contributed by atoms with Crippen molar-refractivity contribution in [2.24, 2.45) is 0 Å². The first-order chi connectivity index (χ1) is 11.2. The van der Waals surface area contributed by atoms with Crippen LogP contribution in [0.2, 0.25) is 0 Å². The zero-order chi connectivity index (χ0) is 16.2. The largest absolute Gasteiger partial charge is 0.334 e. The quantitative estimate of drug-likeness (QED) is 0.867. The first kappa shape index (κ1) is 15.7. The van der Waals surface area contributed by atoms with Crippen LogP contribution >= 0.6 is 0 Å². The van der Waals surface area contributed by atoms with Gasteiger partial charge in [-0.2, -0.15) is 0 Å². The molecule has 1 aromatic heterocycles. The fraction of sp³-hybridized carbons (Fsp3) is 0.421. The van der Waals surface area contributed by atoms with Crippen molar-refractivity contribution in [1.29, 1.82) is 0 Å². The summed E-state index contributed by atoms with van der Waals surface area (Å²) in [6.45, 7) is 4.83. The lowest BCUT2D eigenvalue weighted by Crippen LogP contribution is -2.39. The van der Waals surface area contributed by atoms with Crippen molar-refractivity contribution >= 4 is 5.91 Å². The lowest BCUT2D eigenvalue weighted by Gasteiger charge is -2.31. The van der Waals surface area contributed by atoms with Crippen molar-refractivity contribution in [2.75, 3.05) is 6.54 Å². The molecule has 2 atom stereocenters. The predicted octanol–water partition coefficient (Wildman–Crippen LogP) is 3.58. The molecular weight excluding hydrogens is 286 g/mol. The van der Waals surface area contributed by atoms with Gasteiger partial charge in [0.2, 0.25) is 0 Å². The number of benzene rings is 1. The van der Waals surface area contributed by atoms with Crippen molar-refractivity contribution in [3.05, 3.63) is 59.7 Å². The molecule has 3 rings (SSSR count). The number of aromatic nitrogens is 2. The van der Waals surface area contributed by atoms with Crippen molar-refractivity contribution in [1.82, 2.24) is 14.9 Å². The van der Waals surface area contributed by atoms with Gasteiger partial charge in [-0.3, -0.25) is 4.79 Å². The van der Waals surface area contributed by atoms with E-state index in [-0.39, 0.29) is 11.9 Å². The van der Waals surface area contributed by atoms with Crippen LogP contribution < -0.4 is 0 Å². The first-order valence-corrected chi connectivity index (χ1v) is 8.36. The standard InChI is InChI=1S/C19H23N3O/c1-3-16(15-8-5-4-6-9-15)18-10-7-13-22(18)19(23)17-11-12-20-14(2)21-17/h4-6,8-9,11-12,16,18H,3,7,10,13H2,1-2H3/t16-,18+/m0/s1. The van der Waals surface area contributed by atoms with E-state index in [0.29, 0.717) is 17.4 Å². The van der Waals surface area contributed by atoms with Gasteiger partial charge in [0.1, 0.15) is 11.5 Å². The molecule has 1 aromatic carbocycles. The second-order valence-corrected chi connectivity index (χ2v) is 6.12. The highest BCUT2D eigenvalue weighted by Crippen LogP contribution is 2.34. The van der Waals surface area contributed by atoms with Crippen LogP contribution in [0.4, 0.5) is 0 Å². The summed E-state index contributed by atoms with van der Waals surface area (Å²) in [7, 11) is 0. The number of carbonyl (C=O) groups excluding carboxylic acids is 1. The highest BCUT2D eigenvalue weighted by molar-refractivity contribution is 5.92. The highest BCUT2D eigenvalue weighted by atomic mass is 16.2. The Morgan fingerprint density at radius 1 is 1.30 bits per heavy atom. The van der Waals surface area contributed by atoms with Crippen LogP contribution in [0, 0.1) is 6.92 Å². The fourth-order valence-electron chi connectivity index (χ4n) is 3.62. The van der Waals surface area contributed by atoms with Gasteiger partial charge in [-0.15, -0.1) is 0 Å².